The van der Waals surface area contributed by atoms with Gasteiger partial charge in [-0.1, -0.05) is 23.9 Å². The van der Waals surface area contributed by atoms with Crippen LogP contribution in [0.4, 0.5) is 11.4 Å². The lowest BCUT2D eigenvalue weighted by atomic mass is 9.78. The summed E-state index contributed by atoms with van der Waals surface area (Å²) in [6.45, 7) is 5.11. The monoisotopic (exact) mass is 384 g/mol. The van der Waals surface area contributed by atoms with Gasteiger partial charge in [0.05, 0.1) is 44.3 Å². The third-order valence-corrected chi connectivity index (χ3v) is 6.76. The fourth-order valence-electron chi connectivity index (χ4n) is 4.30. The summed E-state index contributed by atoms with van der Waals surface area (Å²) in [5.74, 6) is 0.836. The highest BCUT2D eigenvalue weighted by atomic mass is 32.2. The largest absolute Gasteiger partial charge is 0.497 e. The van der Waals surface area contributed by atoms with E-state index < -0.39 is 6.10 Å². The van der Waals surface area contributed by atoms with E-state index in [1.165, 1.54) is 9.79 Å². The zero-order valence-electron chi connectivity index (χ0n) is 15.4. The molecule has 0 saturated carbocycles. The molecule has 3 aliphatic heterocycles. The summed E-state index contributed by atoms with van der Waals surface area (Å²) in [5.41, 5.74) is 2.63. The van der Waals surface area contributed by atoms with E-state index in [9.17, 15) is 5.11 Å². The van der Waals surface area contributed by atoms with Gasteiger partial charge in [-0.2, -0.15) is 0 Å². The minimum absolute atomic E-state index is 0.383. The summed E-state index contributed by atoms with van der Waals surface area (Å²) in [7, 11) is 1.69. The van der Waals surface area contributed by atoms with Crippen LogP contribution >= 0.6 is 11.8 Å². The topological polar surface area (TPSA) is 45.2 Å². The lowest BCUT2D eigenvalue weighted by Gasteiger charge is -2.55. The Balaban J connectivity index is 1.36. The van der Waals surface area contributed by atoms with E-state index in [4.69, 9.17) is 9.47 Å². The van der Waals surface area contributed by atoms with Gasteiger partial charge in [-0.3, -0.25) is 4.90 Å². The highest BCUT2D eigenvalue weighted by Gasteiger charge is 2.49. The van der Waals surface area contributed by atoms with Crippen LogP contribution in [0.3, 0.4) is 0 Å². The van der Waals surface area contributed by atoms with E-state index in [-0.39, 0.29) is 0 Å². The fraction of sp³-hybridized carbons (Fsp3) is 0.429. The molecule has 1 unspecified atom stereocenters. The summed E-state index contributed by atoms with van der Waals surface area (Å²) in [6.07, 6.45) is -0.418. The average molecular weight is 385 g/mol. The molecule has 5 nitrogen and oxygen atoms in total. The number of likely N-dealkylation sites (tertiary alicyclic amines) is 1. The Bertz CT molecular complexity index is 847. The Morgan fingerprint density at radius 3 is 2.63 bits per heavy atom. The van der Waals surface area contributed by atoms with E-state index >= 15 is 0 Å². The van der Waals surface area contributed by atoms with Crippen LogP contribution in [0, 0.1) is 5.41 Å². The normalized spacial score (nSPS) is 21.0. The van der Waals surface area contributed by atoms with Gasteiger partial charge in [0.1, 0.15) is 5.75 Å². The van der Waals surface area contributed by atoms with Gasteiger partial charge in [0.2, 0.25) is 0 Å². The Morgan fingerprint density at radius 1 is 1.11 bits per heavy atom. The molecule has 0 amide bonds. The van der Waals surface area contributed by atoms with Gasteiger partial charge in [-0.25, -0.2) is 0 Å². The standard InChI is InChI=1S/C21H24N2O3S/c1-25-16-6-7-20-18(8-16)23(17-4-2-3-5-19(17)27-20)10-15(24)9-22-11-21(12-22)13-26-14-21/h2-8,15,24H,9-14H2,1H3. The average Bonchev–Trinajstić information content (AvgIpc) is 2.62. The van der Waals surface area contributed by atoms with Crippen LogP contribution in [0.5, 0.6) is 5.75 Å². The number of hydrogen-bond acceptors (Lipinski definition) is 6. The van der Waals surface area contributed by atoms with Gasteiger partial charge in [0, 0.05) is 40.9 Å². The molecule has 1 atom stereocenters. The summed E-state index contributed by atoms with van der Waals surface area (Å²) < 4.78 is 10.8. The number of methoxy groups -OCH3 is 1. The van der Waals surface area contributed by atoms with Crippen LogP contribution in [0.15, 0.2) is 52.3 Å². The third-order valence-electron chi connectivity index (χ3n) is 5.63. The van der Waals surface area contributed by atoms with Crippen molar-refractivity contribution < 1.29 is 14.6 Å². The molecule has 6 heteroatoms. The molecule has 1 N–H and O–H groups in total. The molecule has 5 rings (SSSR count). The number of fused-ring (bicyclic) bond motifs is 2. The maximum absolute atomic E-state index is 10.8. The molecule has 3 heterocycles. The maximum Gasteiger partial charge on any atom is 0.121 e. The minimum atomic E-state index is -0.418. The molecular weight excluding hydrogens is 360 g/mol. The Hall–Kier alpha value is -1.73. The molecule has 142 valence electrons. The van der Waals surface area contributed by atoms with Crippen molar-refractivity contribution in [2.45, 2.75) is 15.9 Å². The van der Waals surface area contributed by atoms with Crippen molar-refractivity contribution in [1.82, 2.24) is 4.90 Å². The lowest BCUT2D eigenvalue weighted by molar-refractivity contribution is -0.192. The molecule has 2 fully saturated rings. The van der Waals surface area contributed by atoms with E-state index in [0.717, 1.165) is 43.4 Å². The molecule has 2 saturated heterocycles. The number of benzene rings is 2. The van der Waals surface area contributed by atoms with Crippen molar-refractivity contribution in [2.75, 3.05) is 51.4 Å². The first-order valence-corrected chi connectivity index (χ1v) is 10.2. The second-order valence-corrected chi connectivity index (χ2v) is 8.91. The molecule has 0 aliphatic carbocycles. The third kappa shape index (κ3) is 3.10. The highest BCUT2D eigenvalue weighted by molar-refractivity contribution is 7.99. The summed E-state index contributed by atoms with van der Waals surface area (Å²) in [5, 5.41) is 10.8. The molecule has 0 bridgehead atoms. The number of ether oxygens (including phenoxy) is 2. The SMILES string of the molecule is COc1ccc2c(c1)N(CC(O)CN1CC3(COC3)C1)c1ccccc1S2. The number of rotatable bonds is 5. The molecule has 1 spiro atoms. The molecule has 27 heavy (non-hydrogen) atoms. The Morgan fingerprint density at radius 2 is 1.89 bits per heavy atom. The number of aliphatic hydroxyl groups is 1. The van der Waals surface area contributed by atoms with Gasteiger partial charge in [-0.05, 0) is 24.3 Å². The number of para-hydroxylation sites is 1. The predicted molar refractivity (Wildman–Crippen MR) is 106 cm³/mol. The lowest BCUT2D eigenvalue weighted by Crippen LogP contribution is -2.67. The van der Waals surface area contributed by atoms with E-state index in [1.807, 2.05) is 6.07 Å². The van der Waals surface area contributed by atoms with Crippen LogP contribution in [0.1, 0.15) is 0 Å². The second-order valence-electron chi connectivity index (χ2n) is 7.83. The maximum atomic E-state index is 10.8. The molecular formula is C21H24N2O3S. The number of β-amino-alcohol motifs (C(OH)–C–C–N with tert-alkyl or cyclic N) is 1. The minimum Gasteiger partial charge on any atom is -0.497 e. The van der Waals surface area contributed by atoms with Crippen molar-refractivity contribution in [2.24, 2.45) is 5.41 Å². The summed E-state index contributed by atoms with van der Waals surface area (Å²) in [6, 6.07) is 14.5. The van der Waals surface area contributed by atoms with Crippen molar-refractivity contribution in [3.05, 3.63) is 42.5 Å². The number of nitrogens with zero attached hydrogens (tertiary/aromatic N) is 2. The first-order chi connectivity index (χ1) is 13.2. The molecule has 0 aromatic heterocycles. The number of hydrogen-bond donors (Lipinski definition) is 1. The first kappa shape index (κ1) is 17.4. The fourth-order valence-corrected chi connectivity index (χ4v) is 5.38. The van der Waals surface area contributed by atoms with Gasteiger partial charge in [0.25, 0.3) is 0 Å². The van der Waals surface area contributed by atoms with Crippen molar-refractivity contribution >= 4 is 23.1 Å². The molecule has 2 aromatic rings. The number of anilines is 2. The van der Waals surface area contributed by atoms with Gasteiger partial charge in [-0.15, -0.1) is 0 Å². The van der Waals surface area contributed by atoms with E-state index in [1.54, 1.807) is 18.9 Å². The quantitative estimate of drug-likeness (QED) is 0.855. The summed E-state index contributed by atoms with van der Waals surface area (Å²) >= 11 is 1.77. The number of aliphatic hydroxyl groups excluding tert-OH is 1. The highest BCUT2D eigenvalue weighted by Crippen LogP contribution is 2.49. The zero-order valence-corrected chi connectivity index (χ0v) is 16.2. The Labute approximate surface area is 163 Å². The van der Waals surface area contributed by atoms with Gasteiger partial charge < -0.3 is 19.5 Å². The van der Waals surface area contributed by atoms with Crippen molar-refractivity contribution in [3.63, 3.8) is 0 Å². The smallest absolute Gasteiger partial charge is 0.121 e. The molecule has 2 aromatic carbocycles. The Kier molecular flexibility index (Phi) is 4.31. The van der Waals surface area contributed by atoms with Crippen LogP contribution < -0.4 is 9.64 Å². The van der Waals surface area contributed by atoms with Crippen LogP contribution in [-0.2, 0) is 4.74 Å². The first-order valence-electron chi connectivity index (χ1n) is 9.36. The molecule has 0 radical (unpaired) electrons. The second kappa shape index (κ2) is 6.71. The summed E-state index contributed by atoms with van der Waals surface area (Å²) in [4.78, 5) is 6.98. The molecule has 3 aliphatic rings. The van der Waals surface area contributed by atoms with Gasteiger partial charge >= 0.3 is 0 Å². The predicted octanol–water partition coefficient (Wildman–Crippen LogP) is 2.99. The van der Waals surface area contributed by atoms with Crippen LogP contribution in [0.2, 0.25) is 0 Å². The zero-order chi connectivity index (χ0) is 18.4. The van der Waals surface area contributed by atoms with E-state index in [2.05, 4.69) is 46.2 Å². The van der Waals surface area contributed by atoms with Crippen molar-refractivity contribution in [1.29, 1.82) is 0 Å². The van der Waals surface area contributed by atoms with Crippen LogP contribution in [-0.4, -0.2) is 62.6 Å². The van der Waals surface area contributed by atoms with Gasteiger partial charge in [0.15, 0.2) is 0 Å². The van der Waals surface area contributed by atoms with E-state index in [0.29, 0.717) is 18.5 Å². The van der Waals surface area contributed by atoms with Crippen molar-refractivity contribution in [3.8, 4) is 5.75 Å². The van der Waals surface area contributed by atoms with Crippen LogP contribution in [0.25, 0.3) is 0 Å².